The van der Waals surface area contributed by atoms with Gasteiger partial charge in [-0.25, -0.2) is 9.97 Å². The monoisotopic (exact) mass is 648 g/mol. The number of aromatic nitrogens is 2. The van der Waals surface area contributed by atoms with Crippen molar-refractivity contribution in [1.29, 1.82) is 0 Å². The average molecular weight is 648 g/mol. The van der Waals surface area contributed by atoms with Crippen LogP contribution < -0.4 is 10.5 Å². The van der Waals surface area contributed by atoms with E-state index in [2.05, 4.69) is 9.97 Å². The minimum atomic E-state index is -3.18. The molecule has 1 amide bonds. The van der Waals surface area contributed by atoms with E-state index >= 15 is 0 Å². The third kappa shape index (κ3) is 5.35. The molecule has 1 atom stereocenters. The van der Waals surface area contributed by atoms with E-state index in [0.29, 0.717) is 29.7 Å². The number of pyridine rings is 1. The average Bonchev–Trinajstić information content (AvgIpc) is 3.35. The zero-order chi connectivity index (χ0) is 27.9. The molecule has 8 nitrogen and oxygen atoms in total. The van der Waals surface area contributed by atoms with Crippen molar-refractivity contribution in [3.63, 3.8) is 0 Å². The van der Waals surface area contributed by atoms with E-state index in [9.17, 15) is 18.7 Å². The van der Waals surface area contributed by atoms with Gasteiger partial charge in [0, 0.05) is 40.1 Å². The molecule has 2 aromatic heterocycles. The number of rotatable bonds is 7. The Hall–Kier alpha value is -3.16. The Labute approximate surface area is 237 Å². The van der Waals surface area contributed by atoms with Crippen LogP contribution in [-0.4, -0.2) is 44.6 Å². The van der Waals surface area contributed by atoms with E-state index in [4.69, 9.17) is 14.9 Å². The molecule has 1 aliphatic rings. The quantitative estimate of drug-likeness (QED) is 0.210. The Bertz CT molecular complexity index is 1540. The summed E-state index contributed by atoms with van der Waals surface area (Å²) in [6.45, 7) is 3.68. The number of carbonyl (C=O) groups is 1. The fourth-order valence-corrected chi connectivity index (χ4v) is 5.08. The van der Waals surface area contributed by atoms with Crippen LogP contribution in [0.4, 0.5) is 8.78 Å². The van der Waals surface area contributed by atoms with Crippen molar-refractivity contribution >= 4 is 39.4 Å². The van der Waals surface area contributed by atoms with Gasteiger partial charge in [0.2, 0.25) is 5.89 Å². The number of nitrogens with two attached hydrogens (primary N) is 1. The van der Waals surface area contributed by atoms with E-state index < -0.39 is 21.6 Å². The van der Waals surface area contributed by atoms with Crippen molar-refractivity contribution in [1.82, 2.24) is 14.9 Å². The van der Waals surface area contributed by atoms with Gasteiger partial charge in [-0.2, -0.15) is 8.78 Å². The number of aliphatic hydroxyl groups is 1. The molecule has 1 aliphatic heterocycles. The van der Waals surface area contributed by atoms with Gasteiger partial charge in [0.05, 0.1) is 25.3 Å². The smallest absolute Gasteiger partial charge is 0.337 e. The highest BCUT2D eigenvalue weighted by atomic mass is 127. The number of fused-ring (bicyclic) bond motifs is 2. The molecular formula is C28H27F2IN4O4. The Morgan fingerprint density at radius 1 is 1.21 bits per heavy atom. The van der Waals surface area contributed by atoms with Crippen LogP contribution in [0.2, 0.25) is 0 Å². The zero-order valence-electron chi connectivity index (χ0n) is 21.3. The lowest BCUT2D eigenvalue weighted by Crippen LogP contribution is -2.46. The molecule has 3 N–H and O–H groups in total. The molecule has 3 heterocycles. The van der Waals surface area contributed by atoms with Gasteiger partial charge < -0.3 is 24.9 Å². The number of hydrogen-bond donors (Lipinski definition) is 2. The summed E-state index contributed by atoms with van der Waals surface area (Å²) in [5.74, 6) is 0.220. The lowest BCUT2D eigenvalue weighted by molar-refractivity contribution is 0.0536. The van der Waals surface area contributed by atoms with Gasteiger partial charge in [0.25, 0.3) is 5.91 Å². The number of ether oxygens (including phenoxy) is 1. The van der Waals surface area contributed by atoms with Crippen LogP contribution >= 0.6 is 22.6 Å². The van der Waals surface area contributed by atoms with Gasteiger partial charge in [-0.15, -0.1) is 0 Å². The molecule has 0 spiro atoms. The predicted molar refractivity (Wildman–Crippen MR) is 150 cm³/mol. The number of amides is 1. The van der Waals surface area contributed by atoms with Crippen LogP contribution in [0.1, 0.15) is 46.9 Å². The van der Waals surface area contributed by atoms with Crippen molar-refractivity contribution < 1.29 is 27.8 Å². The molecule has 11 heteroatoms. The number of hydrogen-bond acceptors (Lipinski definition) is 7. The molecule has 0 saturated heterocycles. The summed E-state index contributed by atoms with van der Waals surface area (Å²) < 4.78 is 36.8. The largest absolute Gasteiger partial charge is 0.489 e. The van der Waals surface area contributed by atoms with Crippen LogP contribution in [0, 0.1) is 0 Å². The fourth-order valence-electron chi connectivity index (χ4n) is 4.78. The first-order valence-corrected chi connectivity index (χ1v) is 13.5. The van der Waals surface area contributed by atoms with E-state index in [-0.39, 0.29) is 42.1 Å². The molecule has 204 valence electrons. The van der Waals surface area contributed by atoms with Crippen molar-refractivity contribution in [2.45, 2.75) is 49.4 Å². The van der Waals surface area contributed by atoms with Crippen molar-refractivity contribution in [2.24, 2.45) is 5.73 Å². The highest BCUT2D eigenvalue weighted by molar-refractivity contribution is 14.1. The summed E-state index contributed by atoms with van der Waals surface area (Å²) in [6.07, 6.45) is 0.298. The van der Waals surface area contributed by atoms with E-state index in [1.54, 1.807) is 17.0 Å². The molecule has 2 aromatic carbocycles. The van der Waals surface area contributed by atoms with Crippen molar-refractivity contribution in [3.8, 4) is 17.2 Å². The number of benzene rings is 2. The summed E-state index contributed by atoms with van der Waals surface area (Å²) in [5, 5.41) is 10.5. The fraction of sp³-hybridized carbons (Fsp3) is 0.321. The third-order valence-electron chi connectivity index (χ3n) is 6.62. The topological polar surface area (TPSA) is 115 Å². The summed E-state index contributed by atoms with van der Waals surface area (Å²) in [6, 6.07) is 13.4. The highest BCUT2D eigenvalue weighted by Crippen LogP contribution is 2.39. The molecule has 0 aliphatic carbocycles. The van der Waals surface area contributed by atoms with E-state index in [1.807, 2.05) is 38.1 Å². The lowest BCUT2D eigenvalue weighted by atomic mass is 9.94. The standard InChI is InChI=1S/C28H27F2IN4O4/c1-15(2)38-21-9-7-20(19-8-10-23(28(29,30)31)33-24(19)21)26-34-25(22(12-32)39-26)27(37)35-13-17-6-4-3-5-16(17)11-18(35)14-36/h3-10,15,18,36H,11-14,32H2,1-2H3/t18-/m0/s1. The summed E-state index contributed by atoms with van der Waals surface area (Å²) in [4.78, 5) is 24.0. The Balaban J connectivity index is 1.58. The summed E-state index contributed by atoms with van der Waals surface area (Å²) in [7, 11) is 0. The van der Waals surface area contributed by atoms with Crippen molar-refractivity contribution in [2.75, 3.05) is 6.61 Å². The molecule has 0 bridgehead atoms. The van der Waals surface area contributed by atoms with Crippen LogP contribution in [0.15, 0.2) is 52.9 Å². The minimum absolute atomic E-state index is 0.0457. The SMILES string of the molecule is CC(C)Oc1ccc(-c2nc(C(=O)N3Cc4ccccc4C[C@H]3CO)c(CN)o2)c2ccc(C(F)(F)I)nc12. The highest BCUT2D eigenvalue weighted by Gasteiger charge is 2.34. The van der Waals surface area contributed by atoms with Crippen molar-refractivity contribution in [3.05, 3.63) is 76.8 Å². The van der Waals surface area contributed by atoms with Gasteiger partial charge in [-0.05, 0) is 55.7 Å². The number of aliphatic hydroxyl groups excluding tert-OH is 1. The Kier molecular flexibility index (Phi) is 7.57. The molecule has 39 heavy (non-hydrogen) atoms. The maximum absolute atomic E-state index is 14.1. The molecule has 0 radical (unpaired) electrons. The molecule has 4 aromatic rings. The molecule has 5 rings (SSSR count). The van der Waals surface area contributed by atoms with Gasteiger partial charge in [-0.3, -0.25) is 4.79 Å². The molecular weight excluding hydrogens is 621 g/mol. The number of alkyl halides is 3. The third-order valence-corrected chi connectivity index (χ3v) is 7.17. The maximum atomic E-state index is 14.1. The number of nitrogens with zero attached hydrogens (tertiary/aromatic N) is 3. The van der Waals surface area contributed by atoms with Gasteiger partial charge in [0.1, 0.15) is 17.0 Å². The zero-order valence-corrected chi connectivity index (χ0v) is 23.5. The van der Waals surface area contributed by atoms with Gasteiger partial charge in [-0.1, -0.05) is 24.3 Å². The lowest BCUT2D eigenvalue weighted by Gasteiger charge is -2.35. The number of carbonyl (C=O) groups excluding carboxylic acids is 1. The first-order valence-electron chi connectivity index (χ1n) is 12.5. The Morgan fingerprint density at radius 2 is 1.95 bits per heavy atom. The van der Waals surface area contributed by atoms with Crippen LogP contribution in [-0.2, 0) is 23.4 Å². The van der Waals surface area contributed by atoms with E-state index in [1.165, 1.54) is 12.1 Å². The van der Waals surface area contributed by atoms with Gasteiger partial charge in [0.15, 0.2) is 11.5 Å². The number of oxazole rings is 1. The first kappa shape index (κ1) is 27.4. The van der Waals surface area contributed by atoms with Gasteiger partial charge >= 0.3 is 3.93 Å². The van der Waals surface area contributed by atoms with Crippen LogP contribution in [0.5, 0.6) is 5.75 Å². The second-order valence-corrected chi connectivity index (χ2v) is 11.0. The molecule has 0 fully saturated rings. The van der Waals surface area contributed by atoms with Crippen LogP contribution in [0.25, 0.3) is 22.4 Å². The number of halogens is 3. The normalized spacial score (nSPS) is 15.6. The van der Waals surface area contributed by atoms with Crippen LogP contribution in [0.3, 0.4) is 0 Å². The maximum Gasteiger partial charge on any atom is 0.337 e. The predicted octanol–water partition coefficient (Wildman–Crippen LogP) is 5.18. The second kappa shape index (κ2) is 10.8. The Morgan fingerprint density at radius 3 is 2.62 bits per heavy atom. The van der Waals surface area contributed by atoms with E-state index in [0.717, 1.165) is 33.7 Å². The summed E-state index contributed by atoms with van der Waals surface area (Å²) >= 11 is 1.04. The molecule has 0 saturated carbocycles. The second-order valence-electron chi connectivity index (χ2n) is 9.61. The minimum Gasteiger partial charge on any atom is -0.489 e. The molecule has 0 unspecified atom stereocenters. The first-order chi connectivity index (χ1) is 18.6. The summed E-state index contributed by atoms with van der Waals surface area (Å²) in [5.41, 5.74) is 8.33.